The first-order valence-electron chi connectivity index (χ1n) is 9.96. The van der Waals surface area contributed by atoms with Crippen LogP contribution < -0.4 is 5.32 Å². The van der Waals surface area contributed by atoms with Crippen molar-refractivity contribution in [3.63, 3.8) is 0 Å². The normalized spacial score (nSPS) is 17.8. The number of nitrogens with zero attached hydrogens (tertiary/aromatic N) is 2. The Morgan fingerprint density at radius 2 is 1.97 bits per heavy atom. The Kier molecular flexibility index (Phi) is 6.27. The largest absolute Gasteiger partial charge is 0.444 e. The van der Waals surface area contributed by atoms with Gasteiger partial charge in [-0.3, -0.25) is 9.69 Å². The van der Waals surface area contributed by atoms with Crippen LogP contribution in [0.4, 0.5) is 4.79 Å². The molecule has 6 nitrogen and oxygen atoms in total. The maximum absolute atomic E-state index is 12.8. The van der Waals surface area contributed by atoms with Crippen LogP contribution in [-0.4, -0.2) is 40.1 Å². The van der Waals surface area contributed by atoms with Gasteiger partial charge in [-0.15, -0.1) is 11.3 Å². The summed E-state index contributed by atoms with van der Waals surface area (Å²) < 4.78 is 5.45. The molecule has 1 saturated heterocycles. The van der Waals surface area contributed by atoms with Crippen LogP contribution in [0.25, 0.3) is 10.4 Å². The minimum atomic E-state index is -0.577. The summed E-state index contributed by atoms with van der Waals surface area (Å²) in [5.41, 5.74) is 4.43. The van der Waals surface area contributed by atoms with E-state index >= 15 is 0 Å². The van der Waals surface area contributed by atoms with Crippen molar-refractivity contribution in [2.24, 2.45) is 0 Å². The average Bonchev–Trinajstić information content (AvgIpc) is 3.29. The van der Waals surface area contributed by atoms with Gasteiger partial charge >= 0.3 is 6.09 Å². The van der Waals surface area contributed by atoms with Crippen LogP contribution in [0.5, 0.6) is 0 Å². The SMILES string of the molecule is Cc1ncsc1-c1ccc([C@H](C)NC(=O)C2CCCN2C(=O)OC(C)(C)C)cc1. The third kappa shape index (κ3) is 5.15. The number of carbonyl (C=O) groups excluding carboxylic acids is 2. The quantitative estimate of drug-likeness (QED) is 0.786. The van der Waals surface area contributed by atoms with Crippen molar-refractivity contribution in [2.45, 2.75) is 65.1 Å². The van der Waals surface area contributed by atoms with Crippen molar-refractivity contribution in [1.82, 2.24) is 15.2 Å². The van der Waals surface area contributed by atoms with Gasteiger partial charge in [0.05, 0.1) is 22.1 Å². The molecular weight excluding hydrogens is 386 g/mol. The highest BCUT2D eigenvalue weighted by molar-refractivity contribution is 7.13. The molecule has 1 aliphatic rings. The molecule has 2 heterocycles. The molecule has 1 fully saturated rings. The van der Waals surface area contributed by atoms with E-state index < -0.39 is 17.7 Å². The number of amides is 2. The molecule has 156 valence electrons. The Balaban J connectivity index is 1.64. The van der Waals surface area contributed by atoms with Crippen LogP contribution in [0.15, 0.2) is 29.8 Å². The van der Waals surface area contributed by atoms with E-state index in [0.29, 0.717) is 13.0 Å². The maximum atomic E-state index is 12.8. The van der Waals surface area contributed by atoms with Crippen LogP contribution in [0.2, 0.25) is 0 Å². The lowest BCUT2D eigenvalue weighted by atomic mass is 10.0. The fourth-order valence-electron chi connectivity index (χ4n) is 3.47. The van der Waals surface area contributed by atoms with E-state index in [1.807, 2.05) is 52.3 Å². The predicted molar refractivity (Wildman–Crippen MR) is 115 cm³/mol. The van der Waals surface area contributed by atoms with Crippen LogP contribution in [0.1, 0.15) is 57.8 Å². The fraction of sp³-hybridized carbons (Fsp3) is 0.500. The summed E-state index contributed by atoms with van der Waals surface area (Å²) >= 11 is 1.62. The Morgan fingerprint density at radius 3 is 2.55 bits per heavy atom. The minimum absolute atomic E-state index is 0.136. The van der Waals surface area contributed by atoms with Crippen molar-refractivity contribution >= 4 is 23.3 Å². The molecule has 0 spiro atoms. The zero-order valence-electron chi connectivity index (χ0n) is 17.7. The average molecular weight is 416 g/mol. The molecule has 0 aliphatic carbocycles. The second kappa shape index (κ2) is 8.53. The van der Waals surface area contributed by atoms with Gasteiger partial charge in [0.25, 0.3) is 0 Å². The van der Waals surface area contributed by atoms with Crippen LogP contribution >= 0.6 is 11.3 Å². The molecular formula is C22H29N3O3S. The van der Waals surface area contributed by atoms with E-state index in [-0.39, 0.29) is 11.9 Å². The van der Waals surface area contributed by atoms with Gasteiger partial charge in [0.1, 0.15) is 11.6 Å². The molecule has 2 aromatic rings. The summed E-state index contributed by atoms with van der Waals surface area (Å²) in [4.78, 5) is 32.3. The van der Waals surface area contributed by atoms with Gasteiger partial charge < -0.3 is 10.1 Å². The number of likely N-dealkylation sites (tertiary alicyclic amines) is 1. The molecule has 0 saturated carbocycles. The lowest BCUT2D eigenvalue weighted by molar-refractivity contribution is -0.126. The Hall–Kier alpha value is -2.41. The van der Waals surface area contributed by atoms with E-state index in [1.54, 1.807) is 16.2 Å². The van der Waals surface area contributed by atoms with Gasteiger partial charge in [-0.1, -0.05) is 24.3 Å². The standard InChI is InChI=1S/C22H29N3O3S/c1-14(16-8-10-17(11-9-16)19-15(2)23-13-29-19)24-20(26)18-7-6-12-25(18)21(27)28-22(3,4)5/h8-11,13-14,18H,6-7,12H2,1-5H3,(H,24,26)/t14-,18?/m0/s1. The van der Waals surface area contributed by atoms with Gasteiger partial charge in [0.2, 0.25) is 5.91 Å². The van der Waals surface area contributed by atoms with Crippen molar-refractivity contribution in [2.75, 3.05) is 6.54 Å². The number of ether oxygens (including phenoxy) is 1. The molecule has 1 aliphatic heterocycles. The van der Waals surface area contributed by atoms with Crippen LogP contribution in [0.3, 0.4) is 0 Å². The number of rotatable bonds is 4. The number of hydrogen-bond donors (Lipinski definition) is 1. The van der Waals surface area contributed by atoms with E-state index in [2.05, 4.69) is 22.4 Å². The minimum Gasteiger partial charge on any atom is -0.444 e. The number of aromatic nitrogens is 1. The Morgan fingerprint density at radius 1 is 1.28 bits per heavy atom. The van der Waals surface area contributed by atoms with Crippen molar-refractivity contribution < 1.29 is 14.3 Å². The molecule has 2 amide bonds. The summed E-state index contributed by atoms with van der Waals surface area (Å²) in [5.74, 6) is -0.136. The van der Waals surface area contributed by atoms with E-state index in [4.69, 9.17) is 4.74 Å². The number of hydrogen-bond acceptors (Lipinski definition) is 5. The highest BCUT2D eigenvalue weighted by atomic mass is 32.1. The number of aryl methyl sites for hydroxylation is 1. The first kappa shape index (κ1) is 21.3. The smallest absolute Gasteiger partial charge is 0.410 e. The predicted octanol–water partition coefficient (Wildman–Crippen LogP) is 4.70. The van der Waals surface area contributed by atoms with Crippen molar-refractivity contribution in [1.29, 1.82) is 0 Å². The number of carbonyl (C=O) groups is 2. The lowest BCUT2D eigenvalue weighted by Gasteiger charge is -2.28. The number of nitrogens with one attached hydrogen (secondary N) is 1. The number of benzene rings is 1. The molecule has 3 rings (SSSR count). The third-order valence-electron chi connectivity index (χ3n) is 4.96. The maximum Gasteiger partial charge on any atom is 0.410 e. The summed E-state index contributed by atoms with van der Waals surface area (Å²) in [7, 11) is 0. The van der Waals surface area contributed by atoms with Crippen LogP contribution in [0, 0.1) is 6.92 Å². The molecule has 1 N–H and O–H groups in total. The molecule has 0 radical (unpaired) electrons. The first-order valence-corrected chi connectivity index (χ1v) is 10.8. The van der Waals surface area contributed by atoms with Gasteiger partial charge in [0, 0.05) is 6.54 Å². The summed E-state index contributed by atoms with van der Waals surface area (Å²) in [6.45, 7) is 9.99. The molecule has 29 heavy (non-hydrogen) atoms. The van der Waals surface area contributed by atoms with Crippen molar-refractivity contribution in [3.05, 3.63) is 41.0 Å². The van der Waals surface area contributed by atoms with Gasteiger partial charge in [0.15, 0.2) is 0 Å². The van der Waals surface area contributed by atoms with Gasteiger partial charge in [-0.25, -0.2) is 9.78 Å². The molecule has 1 aromatic carbocycles. The van der Waals surface area contributed by atoms with Crippen molar-refractivity contribution in [3.8, 4) is 10.4 Å². The number of thiazole rings is 1. The molecule has 7 heteroatoms. The van der Waals surface area contributed by atoms with E-state index in [1.165, 1.54) is 0 Å². The first-order chi connectivity index (χ1) is 13.7. The summed E-state index contributed by atoms with van der Waals surface area (Å²) in [5, 5.41) is 3.05. The zero-order chi connectivity index (χ0) is 21.2. The summed E-state index contributed by atoms with van der Waals surface area (Å²) in [6.07, 6.45) is 1.03. The summed E-state index contributed by atoms with van der Waals surface area (Å²) in [6, 6.07) is 7.54. The Labute approximate surface area is 176 Å². The molecule has 1 unspecified atom stereocenters. The van der Waals surface area contributed by atoms with Crippen LogP contribution in [-0.2, 0) is 9.53 Å². The fourth-order valence-corrected chi connectivity index (χ4v) is 4.29. The third-order valence-corrected chi connectivity index (χ3v) is 5.94. The second-order valence-electron chi connectivity index (χ2n) is 8.45. The Bertz CT molecular complexity index is 870. The lowest BCUT2D eigenvalue weighted by Crippen LogP contribution is -2.48. The topological polar surface area (TPSA) is 71.5 Å². The van der Waals surface area contributed by atoms with E-state index in [0.717, 1.165) is 28.1 Å². The van der Waals surface area contributed by atoms with E-state index in [9.17, 15) is 9.59 Å². The van der Waals surface area contributed by atoms with Gasteiger partial charge in [-0.2, -0.15) is 0 Å². The zero-order valence-corrected chi connectivity index (χ0v) is 18.5. The molecule has 1 aromatic heterocycles. The van der Waals surface area contributed by atoms with Gasteiger partial charge in [-0.05, 0) is 58.6 Å². The second-order valence-corrected chi connectivity index (χ2v) is 9.31. The highest BCUT2D eigenvalue weighted by Crippen LogP contribution is 2.28. The monoisotopic (exact) mass is 415 g/mol. The highest BCUT2D eigenvalue weighted by Gasteiger charge is 2.37. The molecule has 0 bridgehead atoms. The molecule has 2 atom stereocenters.